The zero-order valence-corrected chi connectivity index (χ0v) is 12.1. The Hall–Kier alpha value is -1.69. The molecule has 0 bridgehead atoms. The van der Waals surface area contributed by atoms with Crippen molar-refractivity contribution >= 4 is 29.3 Å². The highest BCUT2D eigenvalue weighted by molar-refractivity contribution is 8.00. The van der Waals surface area contributed by atoms with Crippen molar-refractivity contribution in [1.29, 1.82) is 0 Å². The molecule has 2 unspecified atom stereocenters. The van der Waals surface area contributed by atoms with Crippen LogP contribution in [0.1, 0.15) is 13.3 Å². The Labute approximate surface area is 122 Å². The van der Waals surface area contributed by atoms with Crippen LogP contribution in [-0.2, 0) is 9.59 Å². The predicted molar refractivity (Wildman–Crippen MR) is 79.7 cm³/mol. The molecule has 2 rings (SSSR count). The molecule has 1 saturated heterocycles. The molecule has 1 heterocycles. The fourth-order valence-corrected chi connectivity index (χ4v) is 3.60. The average Bonchev–Trinajstić information content (AvgIpc) is 2.90. The maximum Gasteiger partial charge on any atom is 0.327 e. The number of nitrogens with one attached hydrogen (secondary N) is 1. The molecule has 1 aromatic rings. The monoisotopic (exact) mass is 294 g/mol. The van der Waals surface area contributed by atoms with Crippen molar-refractivity contribution in [3.05, 3.63) is 30.3 Å². The van der Waals surface area contributed by atoms with Gasteiger partial charge in [-0.2, -0.15) is 0 Å². The lowest BCUT2D eigenvalue weighted by atomic mass is 10.2. The Bertz CT molecular complexity index is 481. The third-order valence-corrected chi connectivity index (χ3v) is 4.69. The Morgan fingerprint density at radius 3 is 2.70 bits per heavy atom. The molecular formula is C14H18N2O3S. The summed E-state index contributed by atoms with van der Waals surface area (Å²) in [6.45, 7) is 2.08. The van der Waals surface area contributed by atoms with Gasteiger partial charge in [0, 0.05) is 11.4 Å². The Morgan fingerprint density at radius 1 is 1.40 bits per heavy atom. The number of nitrogens with zero attached hydrogens (tertiary/aromatic N) is 1. The van der Waals surface area contributed by atoms with E-state index in [4.69, 9.17) is 0 Å². The molecule has 2 N–H and O–H groups in total. The first kappa shape index (κ1) is 14.7. The SMILES string of the molecule is CCC1SCC(C(=O)O)N1C(=O)CNc1ccccc1. The molecule has 1 aromatic carbocycles. The van der Waals surface area contributed by atoms with Gasteiger partial charge in [0.05, 0.1) is 11.9 Å². The van der Waals surface area contributed by atoms with E-state index in [9.17, 15) is 14.7 Å². The molecule has 6 heteroatoms. The number of hydrogen-bond donors (Lipinski definition) is 2. The molecule has 1 amide bonds. The van der Waals surface area contributed by atoms with Crippen LogP contribution < -0.4 is 5.32 Å². The summed E-state index contributed by atoms with van der Waals surface area (Å²) in [6.07, 6.45) is 0.755. The lowest BCUT2D eigenvalue weighted by molar-refractivity contribution is -0.148. The number of amides is 1. The van der Waals surface area contributed by atoms with Crippen LogP contribution in [0.15, 0.2) is 30.3 Å². The van der Waals surface area contributed by atoms with Gasteiger partial charge in [-0.15, -0.1) is 11.8 Å². The van der Waals surface area contributed by atoms with E-state index < -0.39 is 12.0 Å². The standard InChI is InChI=1S/C14H18N2O3S/c1-2-13-16(11(9-20-13)14(18)19)12(17)8-15-10-6-4-3-5-7-10/h3-7,11,13,15H,2,8-9H2,1H3,(H,18,19). The molecule has 108 valence electrons. The predicted octanol–water partition coefficient (Wildman–Crippen LogP) is 1.86. The van der Waals surface area contributed by atoms with E-state index in [0.29, 0.717) is 5.75 Å². The van der Waals surface area contributed by atoms with Crippen LogP contribution in [0, 0.1) is 0 Å². The van der Waals surface area contributed by atoms with E-state index in [1.165, 1.54) is 16.7 Å². The number of anilines is 1. The minimum absolute atomic E-state index is 0.0406. The molecule has 1 fully saturated rings. The van der Waals surface area contributed by atoms with Gasteiger partial charge in [0.2, 0.25) is 5.91 Å². The summed E-state index contributed by atoms with van der Waals surface area (Å²) in [5, 5.41) is 12.2. The molecule has 2 atom stereocenters. The molecule has 0 spiro atoms. The molecule has 0 radical (unpaired) electrons. The Balaban J connectivity index is 2.00. The Kier molecular flexibility index (Phi) is 4.89. The number of carboxylic acids is 1. The highest BCUT2D eigenvalue weighted by Gasteiger charge is 2.40. The van der Waals surface area contributed by atoms with Crippen LogP contribution in [0.2, 0.25) is 0 Å². The van der Waals surface area contributed by atoms with Gasteiger partial charge in [0.25, 0.3) is 0 Å². The van der Waals surface area contributed by atoms with E-state index in [1.54, 1.807) is 0 Å². The first-order valence-corrected chi connectivity index (χ1v) is 7.63. The van der Waals surface area contributed by atoms with Crippen LogP contribution >= 0.6 is 11.8 Å². The van der Waals surface area contributed by atoms with Crippen LogP contribution in [0.4, 0.5) is 5.69 Å². The number of thioether (sulfide) groups is 1. The fraction of sp³-hybridized carbons (Fsp3) is 0.429. The number of para-hydroxylation sites is 1. The summed E-state index contributed by atoms with van der Waals surface area (Å²) >= 11 is 1.53. The van der Waals surface area contributed by atoms with Gasteiger partial charge in [-0.3, -0.25) is 4.79 Å². The molecule has 20 heavy (non-hydrogen) atoms. The topological polar surface area (TPSA) is 69.6 Å². The molecule has 0 saturated carbocycles. The number of benzene rings is 1. The second-order valence-corrected chi connectivity index (χ2v) is 5.78. The van der Waals surface area contributed by atoms with E-state index in [-0.39, 0.29) is 17.8 Å². The molecular weight excluding hydrogens is 276 g/mol. The number of hydrogen-bond acceptors (Lipinski definition) is 4. The summed E-state index contributed by atoms with van der Waals surface area (Å²) in [6, 6.07) is 8.70. The van der Waals surface area contributed by atoms with Gasteiger partial charge >= 0.3 is 5.97 Å². The number of carbonyl (C=O) groups is 2. The molecule has 1 aliphatic heterocycles. The van der Waals surface area contributed by atoms with Gasteiger partial charge in [-0.05, 0) is 18.6 Å². The molecule has 0 aliphatic carbocycles. The van der Waals surface area contributed by atoms with Crippen molar-refractivity contribution in [1.82, 2.24) is 4.90 Å². The largest absolute Gasteiger partial charge is 0.480 e. The highest BCUT2D eigenvalue weighted by Crippen LogP contribution is 2.31. The number of carbonyl (C=O) groups excluding carboxylic acids is 1. The number of aliphatic carboxylic acids is 1. The van der Waals surface area contributed by atoms with Crippen molar-refractivity contribution in [3.8, 4) is 0 Å². The van der Waals surface area contributed by atoms with Crippen LogP contribution in [0.3, 0.4) is 0 Å². The maximum absolute atomic E-state index is 12.3. The molecule has 1 aliphatic rings. The zero-order valence-electron chi connectivity index (χ0n) is 11.3. The maximum atomic E-state index is 12.3. The lowest BCUT2D eigenvalue weighted by Crippen LogP contribution is -2.47. The van der Waals surface area contributed by atoms with Gasteiger partial charge in [-0.1, -0.05) is 25.1 Å². The lowest BCUT2D eigenvalue weighted by Gasteiger charge is -2.26. The molecule has 0 aromatic heterocycles. The highest BCUT2D eigenvalue weighted by atomic mass is 32.2. The third-order valence-electron chi connectivity index (χ3n) is 3.23. The summed E-state index contributed by atoms with van der Waals surface area (Å²) in [5.74, 6) is -0.634. The van der Waals surface area contributed by atoms with Gasteiger partial charge < -0.3 is 15.3 Å². The van der Waals surface area contributed by atoms with E-state index in [2.05, 4.69) is 5.32 Å². The van der Waals surface area contributed by atoms with Crippen LogP contribution in [-0.4, -0.2) is 45.6 Å². The van der Waals surface area contributed by atoms with Crippen LogP contribution in [0.5, 0.6) is 0 Å². The number of carboxylic acid groups (broad SMARTS) is 1. The summed E-state index contributed by atoms with van der Waals surface area (Å²) < 4.78 is 0. The quantitative estimate of drug-likeness (QED) is 0.867. The van der Waals surface area contributed by atoms with Crippen molar-refractivity contribution in [2.75, 3.05) is 17.6 Å². The van der Waals surface area contributed by atoms with E-state index >= 15 is 0 Å². The summed E-state index contributed by atoms with van der Waals surface area (Å²) in [7, 11) is 0. The zero-order chi connectivity index (χ0) is 14.5. The Morgan fingerprint density at radius 2 is 2.10 bits per heavy atom. The normalized spacial score (nSPS) is 21.8. The minimum atomic E-state index is -0.929. The van der Waals surface area contributed by atoms with Gasteiger partial charge in [0.15, 0.2) is 0 Å². The van der Waals surface area contributed by atoms with Crippen molar-refractivity contribution < 1.29 is 14.7 Å². The second kappa shape index (κ2) is 6.65. The van der Waals surface area contributed by atoms with E-state index in [1.807, 2.05) is 37.3 Å². The first-order chi connectivity index (χ1) is 9.63. The van der Waals surface area contributed by atoms with Gasteiger partial charge in [-0.25, -0.2) is 4.79 Å². The average molecular weight is 294 g/mol. The minimum Gasteiger partial charge on any atom is -0.480 e. The van der Waals surface area contributed by atoms with Crippen molar-refractivity contribution in [2.45, 2.75) is 24.8 Å². The van der Waals surface area contributed by atoms with Crippen molar-refractivity contribution in [2.24, 2.45) is 0 Å². The third kappa shape index (κ3) is 3.25. The van der Waals surface area contributed by atoms with Gasteiger partial charge in [0.1, 0.15) is 6.04 Å². The van der Waals surface area contributed by atoms with Crippen molar-refractivity contribution in [3.63, 3.8) is 0 Å². The van der Waals surface area contributed by atoms with Crippen LogP contribution in [0.25, 0.3) is 0 Å². The smallest absolute Gasteiger partial charge is 0.327 e. The molecule has 5 nitrogen and oxygen atoms in total. The fourth-order valence-electron chi connectivity index (χ4n) is 2.23. The summed E-state index contributed by atoms with van der Waals surface area (Å²) in [5.41, 5.74) is 0.854. The number of rotatable bonds is 5. The second-order valence-electron chi connectivity index (χ2n) is 4.57. The first-order valence-electron chi connectivity index (χ1n) is 6.58. The van der Waals surface area contributed by atoms with E-state index in [0.717, 1.165) is 12.1 Å². The summed E-state index contributed by atoms with van der Waals surface area (Å²) in [4.78, 5) is 25.0.